The second-order valence-electron chi connectivity index (χ2n) is 6.36. The summed E-state index contributed by atoms with van der Waals surface area (Å²) < 4.78 is 0. The van der Waals surface area contributed by atoms with Crippen molar-refractivity contribution in [3.05, 3.63) is 73.3 Å². The third-order valence-corrected chi connectivity index (χ3v) is 4.82. The average molecular weight is 405 g/mol. The molecule has 0 saturated carbocycles. The normalized spacial score (nSPS) is 14.0. The molecule has 1 saturated heterocycles. The van der Waals surface area contributed by atoms with E-state index in [1.54, 1.807) is 28.0 Å². The number of non-ortho nitro benzene ring substituents is 1. The number of carbonyl (C=O) groups excluding carboxylic acids is 1. The lowest BCUT2D eigenvalue weighted by molar-refractivity contribution is -0.393. The Morgan fingerprint density at radius 2 is 1.71 bits per heavy atom. The van der Waals surface area contributed by atoms with Gasteiger partial charge in [-0.2, -0.15) is 0 Å². The molecule has 1 aliphatic rings. The number of carbonyl (C=O) groups is 1. The number of halogens is 1. The van der Waals surface area contributed by atoms with E-state index in [-0.39, 0.29) is 23.7 Å². The highest BCUT2D eigenvalue weighted by atomic mass is 35.5. The molecule has 0 radical (unpaired) electrons. The average Bonchev–Trinajstić information content (AvgIpc) is 2.67. The molecule has 9 nitrogen and oxygen atoms in total. The maximum absolute atomic E-state index is 12.5. The summed E-state index contributed by atoms with van der Waals surface area (Å²) >= 11 is 5.94. The molecular weight excluding hydrogens is 388 g/mol. The fraction of sp³-hybridized carbons (Fsp3) is 0.278. The van der Waals surface area contributed by atoms with Gasteiger partial charge in [0.25, 0.3) is 11.4 Å². The van der Waals surface area contributed by atoms with Gasteiger partial charge in [-0.05, 0) is 23.8 Å². The molecule has 0 N–H and O–H groups in total. The van der Waals surface area contributed by atoms with E-state index in [0.29, 0.717) is 36.9 Å². The van der Waals surface area contributed by atoms with Crippen molar-refractivity contribution in [1.82, 2.24) is 4.90 Å². The Kier molecular flexibility index (Phi) is 5.74. The van der Waals surface area contributed by atoms with Crippen molar-refractivity contribution < 1.29 is 14.6 Å². The van der Waals surface area contributed by atoms with Crippen molar-refractivity contribution in [2.45, 2.75) is 6.42 Å². The van der Waals surface area contributed by atoms with Crippen LogP contribution in [-0.4, -0.2) is 46.8 Å². The molecule has 1 heterocycles. The number of nitrogens with zero attached hydrogens (tertiary/aromatic N) is 4. The molecule has 10 heteroatoms. The zero-order valence-electron chi connectivity index (χ0n) is 14.8. The van der Waals surface area contributed by atoms with Crippen LogP contribution in [0.25, 0.3) is 0 Å². The van der Waals surface area contributed by atoms with Crippen molar-refractivity contribution >= 4 is 34.6 Å². The number of nitro benzene ring substituents is 2. The largest absolute Gasteiger partial charge is 0.362 e. The van der Waals surface area contributed by atoms with E-state index >= 15 is 0 Å². The Balaban J connectivity index is 1.67. The van der Waals surface area contributed by atoms with Gasteiger partial charge in [-0.3, -0.25) is 25.0 Å². The molecule has 28 heavy (non-hydrogen) atoms. The van der Waals surface area contributed by atoms with E-state index in [1.165, 1.54) is 12.1 Å². The summed E-state index contributed by atoms with van der Waals surface area (Å²) in [5.41, 5.74) is 0.502. The summed E-state index contributed by atoms with van der Waals surface area (Å²) in [6.45, 7) is 1.63. The van der Waals surface area contributed by atoms with Gasteiger partial charge in [-0.25, -0.2) is 0 Å². The predicted octanol–water partition coefficient (Wildman–Crippen LogP) is 3.05. The summed E-state index contributed by atoms with van der Waals surface area (Å²) in [4.78, 5) is 36.9. The minimum absolute atomic E-state index is 0.0416. The van der Waals surface area contributed by atoms with Crippen molar-refractivity contribution in [2.24, 2.45) is 0 Å². The van der Waals surface area contributed by atoms with Crippen molar-refractivity contribution in [3.63, 3.8) is 0 Å². The molecule has 0 atom stereocenters. The third-order valence-electron chi connectivity index (χ3n) is 4.58. The van der Waals surface area contributed by atoms with Crippen LogP contribution in [0, 0.1) is 20.2 Å². The zero-order valence-corrected chi connectivity index (χ0v) is 15.5. The minimum atomic E-state index is -0.663. The van der Waals surface area contributed by atoms with Crippen LogP contribution in [0.4, 0.5) is 17.1 Å². The van der Waals surface area contributed by atoms with E-state index < -0.39 is 9.85 Å². The summed E-state index contributed by atoms with van der Waals surface area (Å²) in [5.74, 6) is -0.0416. The molecule has 1 aliphatic heterocycles. The lowest BCUT2D eigenvalue weighted by Gasteiger charge is -2.35. The van der Waals surface area contributed by atoms with Gasteiger partial charge in [-0.15, -0.1) is 0 Å². The summed E-state index contributed by atoms with van der Waals surface area (Å²) in [5, 5.41) is 22.8. The van der Waals surface area contributed by atoms with Crippen LogP contribution in [0.3, 0.4) is 0 Å². The monoisotopic (exact) mass is 404 g/mol. The number of benzene rings is 2. The van der Waals surface area contributed by atoms with Crippen LogP contribution in [0.15, 0.2) is 42.5 Å². The van der Waals surface area contributed by atoms with Crippen molar-refractivity contribution in [3.8, 4) is 0 Å². The van der Waals surface area contributed by atoms with E-state index in [1.807, 2.05) is 6.07 Å². The second kappa shape index (κ2) is 8.22. The van der Waals surface area contributed by atoms with Crippen LogP contribution in [0.2, 0.25) is 5.02 Å². The fourth-order valence-electron chi connectivity index (χ4n) is 3.17. The number of nitro groups is 2. The lowest BCUT2D eigenvalue weighted by atomic mass is 10.1. The number of rotatable bonds is 5. The highest BCUT2D eigenvalue weighted by Gasteiger charge is 2.27. The third kappa shape index (κ3) is 4.37. The van der Waals surface area contributed by atoms with Crippen LogP contribution in [0.5, 0.6) is 0 Å². The molecule has 1 amide bonds. The Bertz CT molecular complexity index is 928. The molecule has 146 valence electrons. The number of hydrogen-bond acceptors (Lipinski definition) is 6. The maximum Gasteiger partial charge on any atom is 0.299 e. The van der Waals surface area contributed by atoms with Gasteiger partial charge in [-0.1, -0.05) is 23.7 Å². The Labute approximate surface area is 165 Å². The van der Waals surface area contributed by atoms with Crippen LogP contribution in [0.1, 0.15) is 5.56 Å². The number of anilines is 1. The van der Waals surface area contributed by atoms with E-state index in [0.717, 1.165) is 11.6 Å². The van der Waals surface area contributed by atoms with E-state index in [4.69, 9.17) is 11.6 Å². The first-order chi connectivity index (χ1) is 13.3. The highest BCUT2D eigenvalue weighted by molar-refractivity contribution is 6.30. The van der Waals surface area contributed by atoms with Crippen LogP contribution < -0.4 is 4.90 Å². The van der Waals surface area contributed by atoms with Crippen molar-refractivity contribution in [2.75, 3.05) is 31.1 Å². The lowest BCUT2D eigenvalue weighted by Crippen LogP contribution is -2.49. The molecule has 3 rings (SSSR count). The fourth-order valence-corrected chi connectivity index (χ4v) is 3.38. The first kappa shape index (κ1) is 19.6. The molecule has 0 spiro atoms. The number of amides is 1. The number of hydrogen-bond donors (Lipinski definition) is 0. The van der Waals surface area contributed by atoms with Gasteiger partial charge in [0.2, 0.25) is 5.91 Å². The SMILES string of the molecule is O=C(Cc1cccc(Cl)c1)N1CCN(c2ccc([N+](=O)[O-])cc2[N+](=O)[O-])CC1. The van der Waals surface area contributed by atoms with Crippen LogP contribution in [-0.2, 0) is 11.2 Å². The zero-order chi connectivity index (χ0) is 20.3. The van der Waals surface area contributed by atoms with E-state index in [9.17, 15) is 25.0 Å². The molecule has 0 unspecified atom stereocenters. The Morgan fingerprint density at radius 3 is 2.32 bits per heavy atom. The van der Waals surface area contributed by atoms with Gasteiger partial charge < -0.3 is 9.80 Å². The quantitative estimate of drug-likeness (QED) is 0.559. The first-order valence-corrected chi connectivity index (χ1v) is 8.93. The Morgan fingerprint density at radius 1 is 1.00 bits per heavy atom. The van der Waals surface area contributed by atoms with Crippen molar-refractivity contribution in [1.29, 1.82) is 0 Å². The van der Waals surface area contributed by atoms with Gasteiger partial charge in [0.15, 0.2) is 0 Å². The number of piperazine rings is 1. The summed E-state index contributed by atoms with van der Waals surface area (Å²) in [6.07, 6.45) is 0.234. The molecule has 0 aliphatic carbocycles. The molecule has 2 aromatic carbocycles. The summed E-state index contributed by atoms with van der Waals surface area (Å²) in [6, 6.07) is 10.7. The maximum atomic E-state index is 12.5. The van der Waals surface area contributed by atoms with Crippen LogP contribution >= 0.6 is 11.6 Å². The van der Waals surface area contributed by atoms with Gasteiger partial charge in [0, 0.05) is 37.3 Å². The Hall–Kier alpha value is -3.20. The highest BCUT2D eigenvalue weighted by Crippen LogP contribution is 2.32. The molecule has 2 aromatic rings. The first-order valence-electron chi connectivity index (χ1n) is 8.55. The summed E-state index contributed by atoms with van der Waals surface area (Å²) in [7, 11) is 0. The molecular formula is C18H17ClN4O5. The minimum Gasteiger partial charge on any atom is -0.362 e. The molecule has 0 bridgehead atoms. The van der Waals surface area contributed by atoms with Gasteiger partial charge in [0.05, 0.1) is 22.3 Å². The molecule has 0 aromatic heterocycles. The standard InChI is InChI=1S/C18H17ClN4O5/c19-14-3-1-2-13(10-14)11-18(24)21-8-6-20(7-9-21)16-5-4-15(22(25)26)12-17(16)23(27)28/h1-5,10,12H,6-9,11H2. The smallest absolute Gasteiger partial charge is 0.299 e. The molecule has 1 fully saturated rings. The van der Waals surface area contributed by atoms with Gasteiger partial charge >= 0.3 is 0 Å². The topological polar surface area (TPSA) is 110 Å². The van der Waals surface area contributed by atoms with E-state index in [2.05, 4.69) is 0 Å². The predicted molar refractivity (Wildman–Crippen MR) is 104 cm³/mol. The van der Waals surface area contributed by atoms with Gasteiger partial charge in [0.1, 0.15) is 5.69 Å². The second-order valence-corrected chi connectivity index (χ2v) is 6.80.